The normalized spacial score (nSPS) is 10.0. The zero-order valence-corrected chi connectivity index (χ0v) is 13.0. The second-order valence-corrected chi connectivity index (χ2v) is 5.21. The van der Waals surface area contributed by atoms with Gasteiger partial charge in [0.05, 0.1) is 18.8 Å². The zero-order valence-electron chi connectivity index (χ0n) is 10.9. The van der Waals surface area contributed by atoms with E-state index in [1.807, 2.05) is 19.1 Å². The van der Waals surface area contributed by atoms with Crippen LogP contribution in [0.15, 0.2) is 24.3 Å². The highest BCUT2D eigenvalue weighted by atomic mass is 127. The van der Waals surface area contributed by atoms with Crippen LogP contribution in [0.4, 0.5) is 0 Å². The van der Waals surface area contributed by atoms with Gasteiger partial charge in [0, 0.05) is 9.99 Å². The average molecular weight is 376 g/mol. The van der Waals surface area contributed by atoms with Gasteiger partial charge in [0.1, 0.15) is 0 Å². The average Bonchev–Trinajstić information content (AvgIpc) is 2.41. The molecule has 1 aromatic rings. The molecule has 0 aliphatic heterocycles. The lowest BCUT2D eigenvalue weighted by Gasteiger charge is -2.05. The first-order chi connectivity index (χ1) is 9.13. The van der Waals surface area contributed by atoms with Gasteiger partial charge in [0.2, 0.25) is 0 Å². The van der Waals surface area contributed by atoms with Crippen molar-refractivity contribution in [2.24, 2.45) is 0 Å². The molecule has 0 radical (unpaired) electrons. The third-order valence-corrected chi connectivity index (χ3v) is 3.02. The molecule has 0 aliphatic carbocycles. The Bertz CT molecular complexity index is 414. The van der Waals surface area contributed by atoms with Gasteiger partial charge >= 0.3 is 11.9 Å². The second-order valence-electron chi connectivity index (χ2n) is 3.97. The summed E-state index contributed by atoms with van der Waals surface area (Å²) in [4.78, 5) is 22.8. The SMILES string of the molecule is CCCOC(=O)CCCOC(=O)c1ccc(I)cc1. The summed E-state index contributed by atoms with van der Waals surface area (Å²) in [6, 6.07) is 7.14. The van der Waals surface area contributed by atoms with Crippen molar-refractivity contribution in [3.63, 3.8) is 0 Å². The van der Waals surface area contributed by atoms with Crippen molar-refractivity contribution in [1.29, 1.82) is 0 Å². The standard InChI is InChI=1S/C14H17IO4/c1-2-9-18-13(16)4-3-10-19-14(17)11-5-7-12(15)8-6-11/h5-8H,2-4,9-10H2,1H3. The minimum absolute atomic E-state index is 0.228. The molecule has 0 amide bonds. The summed E-state index contributed by atoms with van der Waals surface area (Å²) in [6.07, 6.45) is 1.58. The van der Waals surface area contributed by atoms with E-state index in [9.17, 15) is 9.59 Å². The maximum atomic E-state index is 11.6. The van der Waals surface area contributed by atoms with E-state index < -0.39 is 0 Å². The van der Waals surface area contributed by atoms with Crippen molar-refractivity contribution in [1.82, 2.24) is 0 Å². The lowest BCUT2D eigenvalue weighted by Crippen LogP contribution is -2.10. The van der Waals surface area contributed by atoms with Gasteiger partial charge in [-0.05, 0) is 59.7 Å². The monoisotopic (exact) mass is 376 g/mol. The molecular weight excluding hydrogens is 359 g/mol. The molecule has 5 heteroatoms. The number of carbonyl (C=O) groups is 2. The van der Waals surface area contributed by atoms with E-state index in [1.54, 1.807) is 12.1 Å². The summed E-state index contributed by atoms with van der Waals surface area (Å²) >= 11 is 2.17. The third-order valence-electron chi connectivity index (χ3n) is 2.31. The van der Waals surface area contributed by atoms with Crippen molar-refractivity contribution >= 4 is 34.5 Å². The maximum Gasteiger partial charge on any atom is 0.338 e. The molecule has 0 spiro atoms. The number of carbonyl (C=O) groups excluding carboxylic acids is 2. The highest BCUT2D eigenvalue weighted by Crippen LogP contribution is 2.08. The predicted molar refractivity (Wildman–Crippen MR) is 79.9 cm³/mol. The summed E-state index contributed by atoms with van der Waals surface area (Å²) in [5.41, 5.74) is 0.522. The van der Waals surface area contributed by atoms with E-state index in [0.29, 0.717) is 18.6 Å². The largest absolute Gasteiger partial charge is 0.466 e. The van der Waals surface area contributed by atoms with Crippen LogP contribution in [0.5, 0.6) is 0 Å². The highest BCUT2D eigenvalue weighted by Gasteiger charge is 2.07. The number of ether oxygens (including phenoxy) is 2. The number of benzene rings is 1. The lowest BCUT2D eigenvalue weighted by atomic mass is 10.2. The first-order valence-electron chi connectivity index (χ1n) is 6.21. The molecule has 0 aliphatic rings. The molecular formula is C14H17IO4. The molecule has 0 saturated carbocycles. The number of rotatable bonds is 7. The van der Waals surface area contributed by atoms with E-state index >= 15 is 0 Å². The topological polar surface area (TPSA) is 52.6 Å². The van der Waals surface area contributed by atoms with Crippen LogP contribution in [-0.4, -0.2) is 25.2 Å². The fraction of sp³-hybridized carbons (Fsp3) is 0.429. The van der Waals surface area contributed by atoms with Crippen molar-refractivity contribution in [3.05, 3.63) is 33.4 Å². The molecule has 0 saturated heterocycles. The molecule has 0 aromatic heterocycles. The molecule has 0 N–H and O–H groups in total. The van der Waals surface area contributed by atoms with Gasteiger partial charge < -0.3 is 9.47 Å². The maximum absolute atomic E-state index is 11.6. The molecule has 0 unspecified atom stereocenters. The highest BCUT2D eigenvalue weighted by molar-refractivity contribution is 14.1. The molecule has 0 heterocycles. The van der Waals surface area contributed by atoms with Crippen LogP contribution in [0.2, 0.25) is 0 Å². The number of esters is 2. The first kappa shape index (κ1) is 15.9. The predicted octanol–water partition coefficient (Wildman–Crippen LogP) is 3.18. The molecule has 0 atom stereocenters. The quantitative estimate of drug-likeness (QED) is 0.417. The lowest BCUT2D eigenvalue weighted by molar-refractivity contribution is -0.143. The summed E-state index contributed by atoms with van der Waals surface area (Å²) in [5, 5.41) is 0. The molecule has 1 rings (SSSR count). The fourth-order valence-corrected chi connectivity index (χ4v) is 1.70. The Balaban J connectivity index is 2.20. The van der Waals surface area contributed by atoms with Gasteiger partial charge in [0.15, 0.2) is 0 Å². The molecule has 104 valence electrons. The molecule has 4 nitrogen and oxygen atoms in total. The van der Waals surface area contributed by atoms with Crippen molar-refractivity contribution in [2.45, 2.75) is 26.2 Å². The van der Waals surface area contributed by atoms with E-state index in [4.69, 9.17) is 9.47 Å². The van der Waals surface area contributed by atoms with Gasteiger partial charge in [0.25, 0.3) is 0 Å². The van der Waals surface area contributed by atoms with E-state index in [1.165, 1.54) is 0 Å². The molecule has 19 heavy (non-hydrogen) atoms. The minimum Gasteiger partial charge on any atom is -0.466 e. The van der Waals surface area contributed by atoms with Crippen LogP contribution in [-0.2, 0) is 14.3 Å². The van der Waals surface area contributed by atoms with Crippen LogP contribution < -0.4 is 0 Å². The first-order valence-corrected chi connectivity index (χ1v) is 7.29. The van der Waals surface area contributed by atoms with Crippen LogP contribution in [0.3, 0.4) is 0 Å². The van der Waals surface area contributed by atoms with Crippen LogP contribution in [0, 0.1) is 3.57 Å². The summed E-state index contributed by atoms with van der Waals surface area (Å²) < 4.78 is 11.1. The summed E-state index contributed by atoms with van der Waals surface area (Å²) in [6.45, 7) is 2.61. The summed E-state index contributed by atoms with van der Waals surface area (Å²) in [7, 11) is 0. The van der Waals surface area contributed by atoms with Gasteiger partial charge in [-0.15, -0.1) is 0 Å². The van der Waals surface area contributed by atoms with Crippen LogP contribution in [0.25, 0.3) is 0 Å². The summed E-state index contributed by atoms with van der Waals surface area (Å²) in [5.74, 6) is -0.606. The molecule has 0 bridgehead atoms. The third kappa shape index (κ3) is 6.56. The fourth-order valence-electron chi connectivity index (χ4n) is 1.34. The van der Waals surface area contributed by atoms with Crippen LogP contribution in [0.1, 0.15) is 36.5 Å². The van der Waals surface area contributed by atoms with Gasteiger partial charge in [-0.1, -0.05) is 6.92 Å². The smallest absolute Gasteiger partial charge is 0.338 e. The van der Waals surface area contributed by atoms with E-state index in [0.717, 1.165) is 9.99 Å². The van der Waals surface area contributed by atoms with Crippen LogP contribution >= 0.6 is 22.6 Å². The Morgan fingerprint density at radius 3 is 2.42 bits per heavy atom. The Labute approximate surface area is 126 Å². The Hall–Kier alpha value is -1.11. The Morgan fingerprint density at radius 1 is 1.11 bits per heavy atom. The number of hydrogen-bond acceptors (Lipinski definition) is 4. The number of halogens is 1. The Morgan fingerprint density at radius 2 is 1.79 bits per heavy atom. The van der Waals surface area contributed by atoms with Gasteiger partial charge in [-0.3, -0.25) is 4.79 Å². The second kappa shape index (κ2) is 8.90. The Kier molecular flexibility index (Phi) is 7.47. The molecule has 1 aromatic carbocycles. The van der Waals surface area contributed by atoms with Crippen molar-refractivity contribution in [3.8, 4) is 0 Å². The number of hydrogen-bond donors (Lipinski definition) is 0. The van der Waals surface area contributed by atoms with Crippen molar-refractivity contribution in [2.75, 3.05) is 13.2 Å². The molecule has 0 fully saturated rings. The van der Waals surface area contributed by atoms with Crippen molar-refractivity contribution < 1.29 is 19.1 Å². The minimum atomic E-state index is -0.363. The zero-order chi connectivity index (χ0) is 14.1. The van der Waals surface area contributed by atoms with Gasteiger partial charge in [-0.2, -0.15) is 0 Å². The van der Waals surface area contributed by atoms with Gasteiger partial charge in [-0.25, -0.2) is 4.79 Å². The van der Waals surface area contributed by atoms with E-state index in [-0.39, 0.29) is 25.0 Å². The van der Waals surface area contributed by atoms with E-state index in [2.05, 4.69) is 22.6 Å².